The second-order valence-electron chi connectivity index (χ2n) is 2.29. The Kier molecular flexibility index (Phi) is 2.69. The van der Waals surface area contributed by atoms with E-state index < -0.39 is 5.97 Å². The number of aromatic amines is 1. The first-order chi connectivity index (χ1) is 6.17. The quantitative estimate of drug-likeness (QED) is 0.663. The number of nitrogens with one attached hydrogen (secondary N) is 1. The third-order valence-corrected chi connectivity index (χ3v) is 1.44. The molecule has 0 aromatic carbocycles. The number of aromatic nitrogens is 1. The lowest BCUT2D eigenvalue weighted by atomic mass is 10.3. The van der Waals surface area contributed by atoms with Gasteiger partial charge in [0.2, 0.25) is 0 Å². The van der Waals surface area contributed by atoms with Crippen LogP contribution in [0.5, 0.6) is 5.88 Å². The Hall–Kier alpha value is -1.78. The zero-order valence-electron chi connectivity index (χ0n) is 7.29. The van der Waals surface area contributed by atoms with E-state index in [4.69, 9.17) is 4.74 Å². The highest BCUT2D eigenvalue weighted by Gasteiger charge is 2.07. The topological polar surface area (TPSA) is 68.4 Å². The van der Waals surface area contributed by atoms with E-state index in [1.807, 2.05) is 0 Å². The summed E-state index contributed by atoms with van der Waals surface area (Å²) in [5, 5.41) is 0. The molecule has 1 N–H and O–H groups in total. The van der Waals surface area contributed by atoms with E-state index in [1.165, 1.54) is 20.3 Å². The van der Waals surface area contributed by atoms with Crippen molar-refractivity contribution in [1.82, 2.24) is 4.98 Å². The molecule has 70 valence electrons. The highest BCUT2D eigenvalue weighted by molar-refractivity contribution is 5.87. The number of carbonyl (C=O) groups is 1. The molecule has 1 heterocycles. The minimum absolute atomic E-state index is 0.0758. The zero-order valence-corrected chi connectivity index (χ0v) is 7.29. The number of hydrogen-bond acceptors (Lipinski definition) is 4. The summed E-state index contributed by atoms with van der Waals surface area (Å²) in [5.74, 6) is -0.371. The van der Waals surface area contributed by atoms with Crippen molar-refractivity contribution in [3.63, 3.8) is 0 Å². The van der Waals surface area contributed by atoms with Crippen molar-refractivity contribution in [2.24, 2.45) is 0 Å². The first-order valence-electron chi connectivity index (χ1n) is 3.54. The highest BCUT2D eigenvalue weighted by atomic mass is 16.5. The fraction of sp³-hybridized carbons (Fsp3) is 0.250. The summed E-state index contributed by atoms with van der Waals surface area (Å²) in [6, 6.07) is 2.39. The van der Waals surface area contributed by atoms with Crippen molar-refractivity contribution >= 4 is 5.97 Å². The molecular weight excluding hydrogens is 174 g/mol. The fourth-order valence-electron chi connectivity index (χ4n) is 0.848. The predicted molar refractivity (Wildman–Crippen MR) is 45.0 cm³/mol. The van der Waals surface area contributed by atoms with Crippen molar-refractivity contribution in [1.29, 1.82) is 0 Å². The molecule has 0 unspecified atom stereocenters. The van der Waals surface area contributed by atoms with Crippen molar-refractivity contribution in [2.45, 2.75) is 0 Å². The summed E-state index contributed by atoms with van der Waals surface area (Å²) in [5.41, 5.74) is -0.233. The molecule has 5 nitrogen and oxygen atoms in total. The number of rotatable bonds is 2. The van der Waals surface area contributed by atoms with E-state index in [0.717, 1.165) is 6.07 Å². The van der Waals surface area contributed by atoms with Gasteiger partial charge in [0.05, 0.1) is 14.2 Å². The summed E-state index contributed by atoms with van der Waals surface area (Å²) in [6.45, 7) is 0. The van der Waals surface area contributed by atoms with Crippen LogP contribution >= 0.6 is 0 Å². The van der Waals surface area contributed by atoms with Crippen LogP contribution in [-0.2, 0) is 4.74 Å². The molecule has 0 spiro atoms. The third-order valence-electron chi connectivity index (χ3n) is 1.44. The third kappa shape index (κ3) is 2.08. The number of ether oxygens (including phenoxy) is 2. The molecule has 0 fully saturated rings. The van der Waals surface area contributed by atoms with Gasteiger partial charge in [-0.25, -0.2) is 4.79 Å². The van der Waals surface area contributed by atoms with Crippen molar-refractivity contribution in [3.05, 3.63) is 28.0 Å². The maximum atomic E-state index is 11.0. The van der Waals surface area contributed by atoms with Crippen LogP contribution in [0, 0.1) is 0 Å². The summed E-state index contributed by atoms with van der Waals surface area (Å²) in [4.78, 5) is 24.6. The van der Waals surface area contributed by atoms with E-state index in [-0.39, 0.29) is 17.0 Å². The summed E-state index contributed by atoms with van der Waals surface area (Å²) in [6.07, 6.45) is 0. The molecule has 1 aromatic rings. The Morgan fingerprint density at radius 2 is 2.08 bits per heavy atom. The summed E-state index contributed by atoms with van der Waals surface area (Å²) >= 11 is 0. The minimum Gasteiger partial charge on any atom is -0.482 e. The predicted octanol–water partition coefficient (Wildman–Crippen LogP) is 0.170. The van der Waals surface area contributed by atoms with Gasteiger partial charge >= 0.3 is 5.97 Å². The second-order valence-corrected chi connectivity index (χ2v) is 2.29. The van der Waals surface area contributed by atoms with Gasteiger partial charge in [0.1, 0.15) is 5.69 Å². The molecule has 0 saturated carbocycles. The van der Waals surface area contributed by atoms with Crippen molar-refractivity contribution < 1.29 is 14.3 Å². The molecule has 0 atom stereocenters. The molecule has 13 heavy (non-hydrogen) atoms. The molecule has 0 amide bonds. The maximum absolute atomic E-state index is 11.0. The molecule has 0 radical (unpaired) electrons. The lowest BCUT2D eigenvalue weighted by molar-refractivity contribution is 0.0593. The van der Waals surface area contributed by atoms with Gasteiger partial charge in [-0.3, -0.25) is 4.79 Å². The first-order valence-corrected chi connectivity index (χ1v) is 3.54. The number of esters is 1. The van der Waals surface area contributed by atoms with E-state index >= 15 is 0 Å². The molecule has 1 rings (SSSR count). The molecule has 1 aromatic heterocycles. The Bertz CT molecular complexity index is 369. The zero-order chi connectivity index (χ0) is 9.84. The minimum atomic E-state index is -0.601. The molecule has 0 aliphatic rings. The number of H-pyrrole nitrogens is 1. The van der Waals surface area contributed by atoms with Crippen LogP contribution in [-0.4, -0.2) is 25.2 Å². The van der Waals surface area contributed by atoms with Crippen LogP contribution in [0.15, 0.2) is 16.9 Å². The smallest absolute Gasteiger partial charge is 0.354 e. The van der Waals surface area contributed by atoms with Crippen LogP contribution in [0.3, 0.4) is 0 Å². The van der Waals surface area contributed by atoms with Gasteiger partial charge in [0, 0.05) is 12.1 Å². The second kappa shape index (κ2) is 3.75. The maximum Gasteiger partial charge on any atom is 0.354 e. The van der Waals surface area contributed by atoms with Crippen LogP contribution in [0.4, 0.5) is 0 Å². The molecule has 0 bridgehead atoms. The molecule has 0 aliphatic heterocycles. The van der Waals surface area contributed by atoms with Crippen LogP contribution < -0.4 is 10.2 Å². The van der Waals surface area contributed by atoms with Crippen molar-refractivity contribution in [2.75, 3.05) is 14.2 Å². The van der Waals surface area contributed by atoms with Crippen molar-refractivity contribution in [3.8, 4) is 5.88 Å². The average Bonchev–Trinajstić information content (AvgIpc) is 2.15. The van der Waals surface area contributed by atoms with E-state index in [1.54, 1.807) is 0 Å². The Balaban J connectivity index is 3.16. The lowest BCUT2D eigenvalue weighted by Gasteiger charge is -2.02. The van der Waals surface area contributed by atoms with Gasteiger partial charge in [-0.15, -0.1) is 0 Å². The van der Waals surface area contributed by atoms with Gasteiger partial charge in [0.15, 0.2) is 11.3 Å². The number of hydrogen-bond donors (Lipinski definition) is 1. The van der Waals surface area contributed by atoms with E-state index in [0.29, 0.717) is 0 Å². The van der Waals surface area contributed by atoms with Gasteiger partial charge in [-0.2, -0.15) is 0 Å². The Labute approximate surface area is 74.3 Å². The highest BCUT2D eigenvalue weighted by Crippen LogP contribution is 2.03. The standard InChI is InChI=1S/C8H9NO4/c1-12-7-4-5(10)3-6(9-7)8(11)13-2/h3-4H,1-2H3,(H,9,10). The van der Waals surface area contributed by atoms with Gasteiger partial charge in [0.25, 0.3) is 0 Å². The van der Waals surface area contributed by atoms with Gasteiger partial charge < -0.3 is 14.5 Å². The van der Waals surface area contributed by atoms with Gasteiger partial charge in [-0.05, 0) is 0 Å². The monoisotopic (exact) mass is 183 g/mol. The number of carbonyl (C=O) groups excluding carboxylic acids is 1. The van der Waals surface area contributed by atoms with E-state index in [9.17, 15) is 9.59 Å². The molecule has 0 aliphatic carbocycles. The Morgan fingerprint density at radius 1 is 1.38 bits per heavy atom. The summed E-state index contributed by atoms with van der Waals surface area (Å²) in [7, 11) is 2.63. The molecule has 0 saturated heterocycles. The number of pyridine rings is 1. The average molecular weight is 183 g/mol. The molecule has 5 heteroatoms. The largest absolute Gasteiger partial charge is 0.482 e. The molecular formula is C8H9NO4. The number of methoxy groups -OCH3 is 2. The first kappa shape index (κ1) is 9.31. The Morgan fingerprint density at radius 3 is 2.62 bits per heavy atom. The van der Waals surface area contributed by atoms with Crippen LogP contribution in [0.1, 0.15) is 10.5 Å². The van der Waals surface area contributed by atoms with Crippen LogP contribution in [0.25, 0.3) is 0 Å². The van der Waals surface area contributed by atoms with Crippen LogP contribution in [0.2, 0.25) is 0 Å². The normalized spacial score (nSPS) is 9.38. The summed E-state index contributed by atoms with van der Waals surface area (Å²) < 4.78 is 9.19. The SMILES string of the molecule is COC(=O)c1cc(=O)cc(OC)[nH]1. The van der Waals surface area contributed by atoms with E-state index in [2.05, 4.69) is 9.72 Å². The fourth-order valence-corrected chi connectivity index (χ4v) is 0.848. The lowest BCUT2D eigenvalue weighted by Crippen LogP contribution is -2.10. The van der Waals surface area contributed by atoms with Gasteiger partial charge in [-0.1, -0.05) is 0 Å².